The van der Waals surface area contributed by atoms with Gasteiger partial charge in [-0.25, -0.2) is 0 Å². The molecular formula is C52H57N. The van der Waals surface area contributed by atoms with Gasteiger partial charge in [-0.3, -0.25) is 0 Å². The highest BCUT2D eigenvalue weighted by Gasteiger charge is 2.46. The number of anilines is 3. The molecule has 5 aliphatic rings. The van der Waals surface area contributed by atoms with Crippen LogP contribution >= 0.6 is 0 Å². The van der Waals surface area contributed by atoms with E-state index in [1.807, 2.05) is 0 Å². The fourth-order valence-corrected chi connectivity index (χ4v) is 11.9. The summed E-state index contributed by atoms with van der Waals surface area (Å²) in [5.74, 6) is 2.36. The fourth-order valence-electron chi connectivity index (χ4n) is 11.9. The van der Waals surface area contributed by atoms with Crippen LogP contribution in [0.1, 0.15) is 150 Å². The second-order valence-corrected chi connectivity index (χ2v) is 18.3. The van der Waals surface area contributed by atoms with Crippen molar-refractivity contribution in [1.82, 2.24) is 0 Å². The molecule has 0 saturated heterocycles. The van der Waals surface area contributed by atoms with Crippen LogP contribution in [0.15, 0.2) is 109 Å². The normalized spacial score (nSPS) is 23.5. The molecular weight excluding hydrogens is 639 g/mol. The molecule has 270 valence electrons. The fraction of sp³-hybridized carbons (Fsp3) is 0.423. The van der Waals surface area contributed by atoms with Crippen molar-refractivity contribution in [2.75, 3.05) is 4.90 Å². The van der Waals surface area contributed by atoms with E-state index in [2.05, 4.69) is 128 Å². The molecule has 2 bridgehead atoms. The molecule has 0 aliphatic heterocycles. The van der Waals surface area contributed by atoms with E-state index in [1.165, 1.54) is 158 Å². The van der Waals surface area contributed by atoms with Gasteiger partial charge >= 0.3 is 0 Å². The molecule has 0 radical (unpaired) electrons. The molecule has 5 aliphatic carbocycles. The third-order valence-electron chi connectivity index (χ3n) is 14.9. The molecule has 53 heavy (non-hydrogen) atoms. The summed E-state index contributed by atoms with van der Waals surface area (Å²) in [6.45, 7) is 4.87. The first kappa shape index (κ1) is 33.5. The first-order valence-corrected chi connectivity index (χ1v) is 21.4. The molecule has 10 rings (SSSR count). The number of hydrogen-bond donors (Lipinski definition) is 0. The van der Waals surface area contributed by atoms with Crippen LogP contribution in [0.25, 0.3) is 22.3 Å². The van der Waals surface area contributed by atoms with Gasteiger partial charge in [0.15, 0.2) is 0 Å². The van der Waals surface area contributed by atoms with Crippen molar-refractivity contribution in [2.24, 2.45) is 5.92 Å². The lowest BCUT2D eigenvalue weighted by atomic mass is 9.78. The van der Waals surface area contributed by atoms with Crippen LogP contribution < -0.4 is 4.90 Å². The van der Waals surface area contributed by atoms with Crippen LogP contribution in [0.3, 0.4) is 0 Å². The molecule has 0 amide bonds. The van der Waals surface area contributed by atoms with Crippen molar-refractivity contribution in [3.63, 3.8) is 0 Å². The molecule has 0 atom stereocenters. The van der Waals surface area contributed by atoms with Crippen LogP contribution in [0, 0.1) is 5.92 Å². The predicted molar refractivity (Wildman–Crippen MR) is 224 cm³/mol. The van der Waals surface area contributed by atoms with Crippen molar-refractivity contribution in [1.29, 1.82) is 0 Å². The van der Waals surface area contributed by atoms with Gasteiger partial charge in [0.25, 0.3) is 0 Å². The molecule has 0 aromatic heterocycles. The minimum Gasteiger partial charge on any atom is -0.310 e. The van der Waals surface area contributed by atoms with Crippen molar-refractivity contribution in [3.8, 4) is 22.3 Å². The second kappa shape index (κ2) is 13.3. The van der Waals surface area contributed by atoms with Gasteiger partial charge in [0.1, 0.15) is 0 Å². The molecule has 4 saturated carbocycles. The van der Waals surface area contributed by atoms with Crippen LogP contribution in [0.4, 0.5) is 17.1 Å². The van der Waals surface area contributed by atoms with Crippen molar-refractivity contribution in [3.05, 3.63) is 137 Å². The average molecular weight is 696 g/mol. The van der Waals surface area contributed by atoms with E-state index in [0.717, 1.165) is 5.92 Å². The number of nitrogens with zero attached hydrogens (tertiary/aromatic N) is 1. The third kappa shape index (κ3) is 5.80. The molecule has 0 heterocycles. The zero-order valence-corrected chi connectivity index (χ0v) is 32.2. The quantitative estimate of drug-likeness (QED) is 0.164. The number of benzene rings is 5. The Bertz CT molecular complexity index is 2080. The Hall–Kier alpha value is -4.10. The van der Waals surface area contributed by atoms with Crippen molar-refractivity contribution in [2.45, 2.75) is 133 Å². The van der Waals surface area contributed by atoms with Crippen LogP contribution in [-0.4, -0.2) is 0 Å². The molecule has 5 aromatic carbocycles. The molecule has 0 unspecified atom stereocenters. The van der Waals surface area contributed by atoms with Gasteiger partial charge in [-0.15, -0.1) is 0 Å². The summed E-state index contributed by atoms with van der Waals surface area (Å²) in [4.78, 5) is 2.57. The lowest BCUT2D eigenvalue weighted by Gasteiger charge is -2.31. The Kier molecular flexibility index (Phi) is 8.42. The van der Waals surface area contributed by atoms with Gasteiger partial charge in [0.2, 0.25) is 0 Å². The summed E-state index contributed by atoms with van der Waals surface area (Å²) in [5, 5.41) is 0. The van der Waals surface area contributed by atoms with E-state index in [9.17, 15) is 0 Å². The second-order valence-electron chi connectivity index (χ2n) is 18.3. The summed E-state index contributed by atoms with van der Waals surface area (Å²) >= 11 is 0. The Morgan fingerprint density at radius 1 is 0.509 bits per heavy atom. The lowest BCUT2D eigenvalue weighted by Crippen LogP contribution is -2.20. The smallest absolute Gasteiger partial charge is 0.0471 e. The summed E-state index contributed by atoms with van der Waals surface area (Å²) in [7, 11) is 0. The largest absolute Gasteiger partial charge is 0.310 e. The van der Waals surface area contributed by atoms with Gasteiger partial charge in [-0.1, -0.05) is 125 Å². The third-order valence-corrected chi connectivity index (χ3v) is 14.9. The highest BCUT2D eigenvalue weighted by molar-refractivity contribution is 5.96. The first-order chi connectivity index (χ1) is 26.0. The van der Waals surface area contributed by atoms with Gasteiger partial charge in [-0.05, 0) is 167 Å². The Morgan fingerprint density at radius 2 is 1.08 bits per heavy atom. The zero-order chi connectivity index (χ0) is 35.6. The lowest BCUT2D eigenvalue weighted by molar-refractivity contribution is 0.419. The van der Waals surface area contributed by atoms with Gasteiger partial charge in [0.05, 0.1) is 0 Å². The maximum Gasteiger partial charge on any atom is 0.0471 e. The summed E-state index contributed by atoms with van der Waals surface area (Å²) in [6, 6.07) is 43.6. The topological polar surface area (TPSA) is 3.24 Å². The molecule has 5 aromatic rings. The van der Waals surface area contributed by atoms with E-state index in [4.69, 9.17) is 0 Å². The SMILES string of the molecule is CC1(C)c2ccccc2-c2c(-c3ccc(C4CCCCC4)cc3)cc(N(c3ccc(C4CCCCC4)cc3)c3ccc(C45CCC(CC4)C5)cc3)cc21. The predicted octanol–water partition coefficient (Wildman–Crippen LogP) is 15.1. The number of fused-ring (bicyclic) bond motifs is 5. The first-order valence-electron chi connectivity index (χ1n) is 21.4. The number of rotatable bonds is 7. The maximum absolute atomic E-state index is 2.57. The number of hydrogen-bond acceptors (Lipinski definition) is 1. The molecule has 4 fully saturated rings. The van der Waals surface area contributed by atoms with Gasteiger partial charge in [-0.2, -0.15) is 0 Å². The van der Waals surface area contributed by atoms with E-state index in [-0.39, 0.29) is 5.41 Å². The Balaban J connectivity index is 1.12. The Labute approximate surface area is 318 Å². The summed E-state index contributed by atoms with van der Waals surface area (Å²) < 4.78 is 0. The standard InChI is InChI=1S/C52H57N/c1-51(2)48-16-10-9-15-46(48)50-47(41-19-17-39(18-20-41)37-11-5-3-6-12-37)33-45(34-49(50)51)53(43-25-21-40(22-26-43)38-13-7-4-8-14-38)44-27-23-42(24-28-44)52-31-29-36(35-52)30-32-52/h9-10,15-28,33-34,36-38H,3-8,11-14,29-32,35H2,1-2H3. The monoisotopic (exact) mass is 695 g/mol. The van der Waals surface area contributed by atoms with E-state index < -0.39 is 0 Å². The van der Waals surface area contributed by atoms with Crippen molar-refractivity contribution >= 4 is 17.1 Å². The maximum atomic E-state index is 2.57. The minimum atomic E-state index is -0.0975. The van der Waals surface area contributed by atoms with Crippen LogP contribution in [0.2, 0.25) is 0 Å². The van der Waals surface area contributed by atoms with Gasteiger partial charge < -0.3 is 4.90 Å². The van der Waals surface area contributed by atoms with E-state index in [0.29, 0.717) is 17.3 Å². The zero-order valence-electron chi connectivity index (χ0n) is 32.2. The van der Waals surface area contributed by atoms with E-state index >= 15 is 0 Å². The molecule has 1 heteroatoms. The minimum absolute atomic E-state index is 0.0975. The summed E-state index contributed by atoms with van der Waals surface area (Å²) in [5.41, 5.74) is 17.1. The van der Waals surface area contributed by atoms with Crippen LogP contribution in [0.5, 0.6) is 0 Å². The van der Waals surface area contributed by atoms with Crippen molar-refractivity contribution < 1.29 is 0 Å². The highest BCUT2D eigenvalue weighted by Crippen LogP contribution is 2.57. The molecule has 1 nitrogen and oxygen atoms in total. The average Bonchev–Trinajstić information content (AvgIpc) is 3.91. The Morgan fingerprint density at radius 3 is 1.66 bits per heavy atom. The van der Waals surface area contributed by atoms with Crippen LogP contribution in [-0.2, 0) is 10.8 Å². The molecule has 0 spiro atoms. The molecule has 0 N–H and O–H groups in total. The van der Waals surface area contributed by atoms with E-state index in [1.54, 1.807) is 5.56 Å². The summed E-state index contributed by atoms with van der Waals surface area (Å²) in [6.07, 6.45) is 20.5. The highest BCUT2D eigenvalue weighted by atomic mass is 15.1. The van der Waals surface area contributed by atoms with Gasteiger partial charge in [0, 0.05) is 22.5 Å².